The van der Waals surface area contributed by atoms with Gasteiger partial charge in [0.05, 0.1) is 19.8 Å². The number of hydrogen-bond donors (Lipinski definition) is 1. The minimum absolute atomic E-state index is 0.245. The molecule has 1 aromatic carbocycles. The molecule has 1 aliphatic rings. The molecular formula is C20H34N2O3. The molecule has 1 fully saturated rings. The molecule has 1 aromatic rings. The molecule has 0 saturated carbocycles. The van der Waals surface area contributed by atoms with Crippen LogP contribution in [0.4, 0.5) is 0 Å². The lowest BCUT2D eigenvalue weighted by atomic mass is 10.0. The van der Waals surface area contributed by atoms with Crippen LogP contribution < -0.4 is 9.47 Å². The molecule has 0 aromatic heterocycles. The fourth-order valence-electron chi connectivity index (χ4n) is 3.55. The highest BCUT2D eigenvalue weighted by Crippen LogP contribution is 2.30. The SMILES string of the molecule is COc1cccc(OC)c1CN1CCN(CCC(C)C)C(CCO)C1. The minimum Gasteiger partial charge on any atom is -0.496 e. The van der Waals surface area contributed by atoms with Gasteiger partial charge in [-0.05, 0) is 37.4 Å². The number of nitrogens with zero attached hydrogens (tertiary/aromatic N) is 2. The van der Waals surface area contributed by atoms with Gasteiger partial charge < -0.3 is 14.6 Å². The Labute approximate surface area is 152 Å². The van der Waals surface area contributed by atoms with E-state index in [2.05, 4.69) is 23.6 Å². The highest BCUT2D eigenvalue weighted by atomic mass is 16.5. The Kier molecular flexibility index (Phi) is 8.00. The Balaban J connectivity index is 2.05. The molecule has 25 heavy (non-hydrogen) atoms. The topological polar surface area (TPSA) is 45.2 Å². The molecule has 0 bridgehead atoms. The molecule has 2 rings (SSSR count). The first-order valence-electron chi connectivity index (χ1n) is 9.36. The minimum atomic E-state index is 0.245. The van der Waals surface area contributed by atoms with E-state index in [4.69, 9.17) is 9.47 Å². The second kappa shape index (κ2) is 10.00. The summed E-state index contributed by atoms with van der Waals surface area (Å²) in [6.07, 6.45) is 2.04. The van der Waals surface area contributed by atoms with Crippen molar-refractivity contribution in [2.75, 3.05) is 47.0 Å². The number of aliphatic hydroxyl groups is 1. The predicted molar refractivity (Wildman–Crippen MR) is 101 cm³/mol. The van der Waals surface area contributed by atoms with E-state index in [9.17, 15) is 5.11 Å². The first-order valence-corrected chi connectivity index (χ1v) is 9.36. The van der Waals surface area contributed by atoms with Gasteiger partial charge in [-0.25, -0.2) is 0 Å². The molecule has 1 atom stereocenters. The van der Waals surface area contributed by atoms with Gasteiger partial charge in [-0.3, -0.25) is 9.80 Å². The van der Waals surface area contributed by atoms with Crippen molar-refractivity contribution >= 4 is 0 Å². The summed E-state index contributed by atoms with van der Waals surface area (Å²) in [6.45, 7) is 9.77. The third-order valence-electron chi connectivity index (χ3n) is 5.06. The fourth-order valence-corrected chi connectivity index (χ4v) is 3.55. The normalized spacial score (nSPS) is 19.4. The summed E-state index contributed by atoms with van der Waals surface area (Å²) in [5.74, 6) is 2.46. The second-order valence-electron chi connectivity index (χ2n) is 7.26. The smallest absolute Gasteiger partial charge is 0.127 e. The fraction of sp³-hybridized carbons (Fsp3) is 0.700. The van der Waals surface area contributed by atoms with E-state index in [1.54, 1.807) is 14.2 Å². The van der Waals surface area contributed by atoms with Crippen LogP contribution in [0.15, 0.2) is 18.2 Å². The second-order valence-corrected chi connectivity index (χ2v) is 7.26. The lowest BCUT2D eigenvalue weighted by Gasteiger charge is -2.42. The number of ether oxygens (including phenoxy) is 2. The van der Waals surface area contributed by atoms with E-state index < -0.39 is 0 Å². The van der Waals surface area contributed by atoms with Crippen molar-refractivity contribution in [1.29, 1.82) is 0 Å². The molecule has 1 saturated heterocycles. The monoisotopic (exact) mass is 350 g/mol. The Morgan fingerprint density at radius 1 is 1.16 bits per heavy atom. The van der Waals surface area contributed by atoms with Gasteiger partial charge in [0, 0.05) is 38.8 Å². The van der Waals surface area contributed by atoms with Gasteiger partial charge >= 0.3 is 0 Å². The zero-order valence-corrected chi connectivity index (χ0v) is 16.2. The molecular weight excluding hydrogens is 316 g/mol. The van der Waals surface area contributed by atoms with Gasteiger partial charge in [0.25, 0.3) is 0 Å². The number of aliphatic hydroxyl groups excluding tert-OH is 1. The molecule has 1 aliphatic heterocycles. The van der Waals surface area contributed by atoms with Crippen LogP contribution in [0.3, 0.4) is 0 Å². The first kappa shape index (κ1) is 20.0. The average molecular weight is 351 g/mol. The van der Waals surface area contributed by atoms with Crippen LogP contribution >= 0.6 is 0 Å². The van der Waals surface area contributed by atoms with E-state index in [-0.39, 0.29) is 6.61 Å². The lowest BCUT2D eigenvalue weighted by molar-refractivity contribution is 0.0517. The number of piperazine rings is 1. The molecule has 0 spiro atoms. The zero-order valence-electron chi connectivity index (χ0n) is 16.2. The molecule has 5 nitrogen and oxygen atoms in total. The predicted octanol–water partition coefficient (Wildman–Crippen LogP) is 2.62. The number of methoxy groups -OCH3 is 2. The zero-order chi connectivity index (χ0) is 18.2. The van der Waals surface area contributed by atoms with Crippen molar-refractivity contribution in [3.8, 4) is 11.5 Å². The third-order valence-corrected chi connectivity index (χ3v) is 5.06. The van der Waals surface area contributed by atoms with Gasteiger partial charge in [-0.2, -0.15) is 0 Å². The molecule has 0 amide bonds. The van der Waals surface area contributed by atoms with Crippen molar-refractivity contribution in [2.24, 2.45) is 5.92 Å². The van der Waals surface area contributed by atoms with E-state index in [0.717, 1.165) is 56.2 Å². The first-order chi connectivity index (χ1) is 12.1. The third kappa shape index (κ3) is 5.59. The molecule has 142 valence electrons. The van der Waals surface area contributed by atoms with Crippen molar-refractivity contribution in [1.82, 2.24) is 9.80 Å². The van der Waals surface area contributed by atoms with E-state index in [1.165, 1.54) is 6.42 Å². The van der Waals surface area contributed by atoms with Gasteiger partial charge in [-0.15, -0.1) is 0 Å². The maximum atomic E-state index is 9.47. The molecule has 5 heteroatoms. The van der Waals surface area contributed by atoms with Gasteiger partial charge in [0.15, 0.2) is 0 Å². The van der Waals surface area contributed by atoms with Crippen molar-refractivity contribution in [2.45, 2.75) is 39.3 Å². The maximum Gasteiger partial charge on any atom is 0.127 e. The average Bonchev–Trinajstić information content (AvgIpc) is 2.61. The maximum absolute atomic E-state index is 9.47. The highest BCUT2D eigenvalue weighted by molar-refractivity contribution is 5.44. The van der Waals surface area contributed by atoms with Crippen molar-refractivity contribution < 1.29 is 14.6 Å². The Bertz CT molecular complexity index is 499. The number of benzene rings is 1. The Hall–Kier alpha value is -1.30. The van der Waals surface area contributed by atoms with E-state index in [1.807, 2.05) is 18.2 Å². The summed E-state index contributed by atoms with van der Waals surface area (Å²) in [5, 5.41) is 9.47. The van der Waals surface area contributed by atoms with Crippen LogP contribution in [0.5, 0.6) is 11.5 Å². The van der Waals surface area contributed by atoms with E-state index in [0.29, 0.717) is 12.0 Å². The van der Waals surface area contributed by atoms with Crippen molar-refractivity contribution in [3.63, 3.8) is 0 Å². The largest absolute Gasteiger partial charge is 0.496 e. The molecule has 0 aliphatic carbocycles. The molecule has 1 unspecified atom stereocenters. The highest BCUT2D eigenvalue weighted by Gasteiger charge is 2.27. The van der Waals surface area contributed by atoms with Gasteiger partial charge in [0.2, 0.25) is 0 Å². The summed E-state index contributed by atoms with van der Waals surface area (Å²) in [4.78, 5) is 5.00. The van der Waals surface area contributed by atoms with E-state index >= 15 is 0 Å². The Morgan fingerprint density at radius 2 is 1.84 bits per heavy atom. The van der Waals surface area contributed by atoms with Crippen LogP contribution in [0.1, 0.15) is 32.3 Å². The van der Waals surface area contributed by atoms with Crippen LogP contribution in [0.2, 0.25) is 0 Å². The summed E-state index contributed by atoms with van der Waals surface area (Å²) >= 11 is 0. The summed E-state index contributed by atoms with van der Waals surface area (Å²) in [5.41, 5.74) is 1.10. The van der Waals surface area contributed by atoms with Crippen LogP contribution in [-0.4, -0.2) is 68.0 Å². The quantitative estimate of drug-likeness (QED) is 0.742. The molecule has 1 N–H and O–H groups in total. The van der Waals surface area contributed by atoms with Crippen LogP contribution in [0.25, 0.3) is 0 Å². The lowest BCUT2D eigenvalue weighted by Crippen LogP contribution is -2.53. The number of hydrogen-bond acceptors (Lipinski definition) is 5. The summed E-state index contributed by atoms with van der Waals surface area (Å²) < 4.78 is 11.1. The van der Waals surface area contributed by atoms with Crippen molar-refractivity contribution in [3.05, 3.63) is 23.8 Å². The standard InChI is InChI=1S/C20H34N2O3/c1-16(2)8-10-22-12-11-21(14-17(22)9-13-23)15-18-19(24-3)6-5-7-20(18)25-4/h5-7,16-17,23H,8-15H2,1-4H3. The molecule has 1 heterocycles. The molecule has 0 radical (unpaired) electrons. The van der Waals surface area contributed by atoms with Crippen LogP contribution in [0, 0.1) is 5.92 Å². The van der Waals surface area contributed by atoms with Gasteiger partial charge in [0.1, 0.15) is 11.5 Å². The van der Waals surface area contributed by atoms with Crippen LogP contribution in [-0.2, 0) is 6.54 Å². The van der Waals surface area contributed by atoms with Gasteiger partial charge in [-0.1, -0.05) is 19.9 Å². The Morgan fingerprint density at radius 3 is 2.40 bits per heavy atom. The summed E-state index contributed by atoms with van der Waals surface area (Å²) in [7, 11) is 3.41. The summed E-state index contributed by atoms with van der Waals surface area (Å²) in [6, 6.07) is 6.35. The number of rotatable bonds is 9.